The highest BCUT2D eigenvalue weighted by Crippen LogP contribution is 2.23. The fraction of sp³-hybridized carbons (Fsp3) is 0.0769. The molecule has 0 saturated carbocycles. The summed E-state index contributed by atoms with van der Waals surface area (Å²) < 4.78 is 13.5. The topological polar surface area (TPSA) is 30.0 Å². The van der Waals surface area contributed by atoms with E-state index in [9.17, 15) is 9.18 Å². The minimum absolute atomic E-state index is 0.188. The Bertz CT molecular complexity index is 583. The number of benzene rings is 1. The second kappa shape index (κ2) is 4.75. The van der Waals surface area contributed by atoms with Gasteiger partial charge in [0.15, 0.2) is 5.78 Å². The van der Waals surface area contributed by atoms with Gasteiger partial charge in [-0.25, -0.2) is 4.39 Å². The van der Waals surface area contributed by atoms with Gasteiger partial charge in [-0.05, 0) is 46.6 Å². The normalized spacial score (nSPS) is 10.3. The van der Waals surface area contributed by atoms with Crippen molar-refractivity contribution >= 4 is 21.7 Å². The van der Waals surface area contributed by atoms with Gasteiger partial charge >= 0.3 is 0 Å². The van der Waals surface area contributed by atoms with Crippen LogP contribution in [0, 0.1) is 12.7 Å². The number of carbonyl (C=O) groups excluding carboxylic acids is 1. The van der Waals surface area contributed by atoms with Crippen LogP contribution in [0.25, 0.3) is 0 Å². The number of hydrogen-bond donors (Lipinski definition) is 0. The maximum absolute atomic E-state index is 13.3. The van der Waals surface area contributed by atoms with E-state index in [4.69, 9.17) is 0 Å². The van der Waals surface area contributed by atoms with E-state index >= 15 is 0 Å². The van der Waals surface area contributed by atoms with Gasteiger partial charge in [0, 0.05) is 23.5 Å². The Morgan fingerprint density at radius 3 is 2.76 bits per heavy atom. The lowest BCUT2D eigenvalue weighted by molar-refractivity contribution is 0.103. The Balaban J connectivity index is 2.52. The molecule has 4 heteroatoms. The van der Waals surface area contributed by atoms with Crippen molar-refractivity contribution in [1.29, 1.82) is 0 Å². The van der Waals surface area contributed by atoms with E-state index in [1.807, 2.05) is 6.92 Å². The summed E-state index contributed by atoms with van der Waals surface area (Å²) in [7, 11) is 0. The molecule has 0 radical (unpaired) electrons. The molecule has 0 bridgehead atoms. The minimum Gasteiger partial charge on any atom is -0.288 e. The molecule has 1 aromatic heterocycles. The first kappa shape index (κ1) is 11.9. The van der Waals surface area contributed by atoms with Crippen molar-refractivity contribution in [2.45, 2.75) is 6.92 Å². The van der Waals surface area contributed by atoms with Crippen LogP contribution in [0.5, 0.6) is 0 Å². The molecular formula is C13H9BrFNO. The minimum atomic E-state index is -0.447. The molecule has 0 aliphatic rings. The zero-order valence-corrected chi connectivity index (χ0v) is 10.7. The van der Waals surface area contributed by atoms with Crippen LogP contribution in [0.2, 0.25) is 0 Å². The number of rotatable bonds is 2. The molecule has 2 rings (SSSR count). The maximum atomic E-state index is 13.3. The highest BCUT2D eigenvalue weighted by Gasteiger charge is 2.16. The molecule has 0 fully saturated rings. The summed E-state index contributed by atoms with van der Waals surface area (Å²) in [6, 6.07) is 6.15. The van der Waals surface area contributed by atoms with Gasteiger partial charge in [0.05, 0.1) is 4.47 Å². The van der Waals surface area contributed by atoms with Crippen molar-refractivity contribution in [2.75, 3.05) is 0 Å². The summed E-state index contributed by atoms with van der Waals surface area (Å²) in [6.45, 7) is 1.82. The molecule has 0 unspecified atom stereocenters. The summed E-state index contributed by atoms with van der Waals surface area (Å²) in [6.07, 6.45) is 3.11. The smallest absolute Gasteiger partial charge is 0.196 e. The second-order valence-electron chi connectivity index (χ2n) is 3.62. The Labute approximate surface area is 107 Å². The molecule has 0 aliphatic heterocycles. The number of pyridine rings is 1. The number of aromatic nitrogens is 1. The Morgan fingerprint density at radius 2 is 2.06 bits per heavy atom. The predicted molar refractivity (Wildman–Crippen MR) is 66.5 cm³/mol. The molecule has 0 amide bonds. The average Bonchev–Trinajstić information content (AvgIpc) is 2.32. The van der Waals surface area contributed by atoms with Gasteiger partial charge < -0.3 is 0 Å². The summed E-state index contributed by atoms with van der Waals surface area (Å²) in [5.41, 5.74) is 1.61. The van der Waals surface area contributed by atoms with Crippen LogP contribution in [-0.2, 0) is 0 Å². The first-order valence-electron chi connectivity index (χ1n) is 5.00. The van der Waals surface area contributed by atoms with Crippen molar-refractivity contribution in [3.8, 4) is 0 Å². The average molecular weight is 294 g/mol. The van der Waals surface area contributed by atoms with Crippen LogP contribution in [0.15, 0.2) is 41.1 Å². The van der Waals surface area contributed by atoms with Crippen molar-refractivity contribution in [2.24, 2.45) is 0 Å². The summed E-state index contributed by atoms with van der Waals surface area (Å²) in [5.74, 6) is -0.681. The Hall–Kier alpha value is -1.55. The Kier molecular flexibility index (Phi) is 3.33. The number of nitrogens with zero attached hydrogens (tertiary/aromatic N) is 1. The van der Waals surface area contributed by atoms with Gasteiger partial charge in [0.25, 0.3) is 0 Å². The SMILES string of the molecule is Cc1ccncc1C(=O)c1cccc(F)c1Br. The lowest BCUT2D eigenvalue weighted by atomic mass is 10.0. The van der Waals surface area contributed by atoms with Crippen LogP contribution in [0.3, 0.4) is 0 Å². The van der Waals surface area contributed by atoms with Crippen molar-refractivity contribution in [3.63, 3.8) is 0 Å². The first-order valence-corrected chi connectivity index (χ1v) is 5.80. The molecule has 0 aliphatic carbocycles. The van der Waals surface area contributed by atoms with E-state index in [0.717, 1.165) is 5.56 Å². The van der Waals surface area contributed by atoms with Gasteiger partial charge in [-0.3, -0.25) is 9.78 Å². The van der Waals surface area contributed by atoms with E-state index in [1.54, 1.807) is 18.3 Å². The number of aryl methyl sites for hydroxylation is 1. The zero-order chi connectivity index (χ0) is 12.4. The van der Waals surface area contributed by atoms with Gasteiger partial charge in [-0.2, -0.15) is 0 Å². The number of ketones is 1. The van der Waals surface area contributed by atoms with Gasteiger partial charge in [0.2, 0.25) is 0 Å². The fourth-order valence-electron chi connectivity index (χ4n) is 1.53. The molecule has 2 nitrogen and oxygen atoms in total. The summed E-state index contributed by atoms with van der Waals surface area (Å²) in [4.78, 5) is 16.1. The highest BCUT2D eigenvalue weighted by molar-refractivity contribution is 9.10. The second-order valence-corrected chi connectivity index (χ2v) is 4.41. The monoisotopic (exact) mass is 293 g/mol. The zero-order valence-electron chi connectivity index (χ0n) is 9.08. The third kappa shape index (κ3) is 2.26. The summed E-state index contributed by atoms with van der Waals surface area (Å²) >= 11 is 3.09. The maximum Gasteiger partial charge on any atom is 0.196 e. The van der Waals surface area contributed by atoms with Crippen LogP contribution in [0.1, 0.15) is 21.5 Å². The van der Waals surface area contributed by atoms with E-state index in [1.165, 1.54) is 18.3 Å². The third-order valence-electron chi connectivity index (χ3n) is 2.48. The van der Waals surface area contributed by atoms with Crippen LogP contribution >= 0.6 is 15.9 Å². The van der Waals surface area contributed by atoms with Gasteiger partial charge in [0.1, 0.15) is 5.82 Å². The van der Waals surface area contributed by atoms with Crippen LogP contribution in [0.4, 0.5) is 4.39 Å². The van der Waals surface area contributed by atoms with Crippen molar-refractivity contribution < 1.29 is 9.18 Å². The van der Waals surface area contributed by atoms with Crippen LogP contribution in [-0.4, -0.2) is 10.8 Å². The third-order valence-corrected chi connectivity index (χ3v) is 3.29. The quantitative estimate of drug-likeness (QED) is 0.793. The fourth-order valence-corrected chi connectivity index (χ4v) is 1.97. The molecular weight excluding hydrogens is 285 g/mol. The van der Waals surface area contributed by atoms with Crippen LogP contribution < -0.4 is 0 Å². The molecule has 0 saturated heterocycles. The molecule has 1 heterocycles. The first-order chi connectivity index (χ1) is 8.11. The molecule has 86 valence electrons. The van der Waals surface area contributed by atoms with Gasteiger partial charge in [-0.1, -0.05) is 6.07 Å². The lowest BCUT2D eigenvalue weighted by Crippen LogP contribution is -2.05. The molecule has 1 aromatic carbocycles. The number of hydrogen-bond acceptors (Lipinski definition) is 2. The lowest BCUT2D eigenvalue weighted by Gasteiger charge is -2.06. The van der Waals surface area contributed by atoms with E-state index in [-0.39, 0.29) is 10.3 Å². The van der Waals surface area contributed by atoms with Crippen molar-refractivity contribution in [3.05, 3.63) is 63.6 Å². The highest BCUT2D eigenvalue weighted by atomic mass is 79.9. The number of halogens is 2. The van der Waals surface area contributed by atoms with E-state index < -0.39 is 5.82 Å². The molecule has 0 N–H and O–H groups in total. The molecule has 0 spiro atoms. The largest absolute Gasteiger partial charge is 0.288 e. The molecule has 0 atom stereocenters. The molecule has 2 aromatic rings. The Morgan fingerprint density at radius 1 is 1.29 bits per heavy atom. The van der Waals surface area contributed by atoms with E-state index in [0.29, 0.717) is 11.1 Å². The summed E-state index contributed by atoms with van der Waals surface area (Å²) in [5, 5.41) is 0. The number of carbonyl (C=O) groups is 1. The van der Waals surface area contributed by atoms with Gasteiger partial charge in [-0.15, -0.1) is 0 Å². The molecule has 17 heavy (non-hydrogen) atoms. The van der Waals surface area contributed by atoms with E-state index in [2.05, 4.69) is 20.9 Å². The standard InChI is InChI=1S/C13H9BrFNO/c1-8-5-6-16-7-10(8)13(17)9-3-2-4-11(15)12(9)14/h2-7H,1H3. The predicted octanol–water partition coefficient (Wildman–Crippen LogP) is 3.52. The van der Waals surface area contributed by atoms with Crippen molar-refractivity contribution in [1.82, 2.24) is 4.98 Å².